The van der Waals surface area contributed by atoms with Gasteiger partial charge in [-0.05, 0) is 17.0 Å². The van der Waals surface area contributed by atoms with Gasteiger partial charge in [0, 0.05) is 6.54 Å². The molecule has 0 amide bonds. The van der Waals surface area contributed by atoms with Gasteiger partial charge in [0.2, 0.25) is 0 Å². The van der Waals surface area contributed by atoms with Gasteiger partial charge in [0.05, 0.1) is 0 Å². The molecule has 1 aromatic carbocycles. The topological polar surface area (TPSA) is 66.5 Å². The fraction of sp³-hybridized carbons (Fsp3) is 0.455. The van der Waals surface area contributed by atoms with Gasteiger partial charge in [-0.1, -0.05) is 49.9 Å². The van der Waals surface area contributed by atoms with Crippen LogP contribution in [-0.2, 0) is 17.1 Å². The summed E-state index contributed by atoms with van der Waals surface area (Å²) in [6, 6.07) is 7.32. The number of nitrogens with two attached hydrogens (primary N) is 1. The zero-order valence-electron chi connectivity index (χ0n) is 9.87. The maximum atomic E-state index is 10.6. The van der Waals surface area contributed by atoms with E-state index in [0.717, 1.165) is 5.56 Å². The predicted octanol–water partition coefficient (Wildman–Crippen LogP) is 2.15. The molecule has 96 valence electrons. The molecule has 0 aliphatic heterocycles. The minimum Gasteiger partial charge on any atom is -0.375 e. The van der Waals surface area contributed by atoms with E-state index in [1.54, 1.807) is 12.1 Å². The second kappa shape index (κ2) is 5.39. The molecule has 0 bridgehead atoms. The SMILES string of the molecule is CC(C)c1ccccc1C(O)(CN)P(O)(=S)S. The first kappa shape index (κ1) is 15.2. The van der Waals surface area contributed by atoms with E-state index in [-0.39, 0.29) is 12.5 Å². The van der Waals surface area contributed by atoms with Crippen molar-refractivity contribution in [3.63, 3.8) is 0 Å². The zero-order chi connectivity index (χ0) is 13.3. The first-order valence-electron chi connectivity index (χ1n) is 5.31. The molecule has 4 N–H and O–H groups in total. The molecule has 1 aromatic rings. The van der Waals surface area contributed by atoms with Crippen molar-refractivity contribution in [2.75, 3.05) is 6.54 Å². The third kappa shape index (κ3) is 2.92. The van der Waals surface area contributed by atoms with E-state index in [2.05, 4.69) is 12.2 Å². The fourth-order valence-electron chi connectivity index (χ4n) is 1.75. The van der Waals surface area contributed by atoms with Crippen molar-refractivity contribution in [1.29, 1.82) is 0 Å². The number of benzene rings is 1. The molecule has 6 heteroatoms. The minimum absolute atomic E-state index is 0.145. The van der Waals surface area contributed by atoms with E-state index in [0.29, 0.717) is 5.56 Å². The van der Waals surface area contributed by atoms with E-state index in [1.165, 1.54) is 0 Å². The van der Waals surface area contributed by atoms with Gasteiger partial charge in [-0.15, -0.1) is 12.2 Å². The van der Waals surface area contributed by atoms with E-state index < -0.39 is 10.8 Å². The van der Waals surface area contributed by atoms with Gasteiger partial charge >= 0.3 is 0 Å². The Balaban J connectivity index is 3.46. The molecule has 0 spiro atoms. The van der Waals surface area contributed by atoms with Gasteiger partial charge in [0.25, 0.3) is 0 Å². The number of rotatable bonds is 4. The van der Waals surface area contributed by atoms with E-state index in [9.17, 15) is 10.00 Å². The molecule has 0 saturated heterocycles. The molecule has 0 aromatic heterocycles. The molecular formula is C11H18NO2PS2. The standard InChI is InChI=1S/C11H18NO2PS2/c1-8(2)9-5-3-4-6-10(9)11(13,7-12)15(14,16)17/h3-6,8,13H,7,12H2,1-2H3,(H2,14,16,17). The summed E-state index contributed by atoms with van der Waals surface area (Å²) in [4.78, 5) is 9.96. The Labute approximate surface area is 112 Å². The number of aliphatic hydroxyl groups is 1. The lowest BCUT2D eigenvalue weighted by atomic mass is 9.93. The maximum Gasteiger partial charge on any atom is 0.161 e. The van der Waals surface area contributed by atoms with Gasteiger partial charge in [-0.25, -0.2) is 0 Å². The van der Waals surface area contributed by atoms with Crippen LogP contribution >= 0.6 is 17.7 Å². The van der Waals surface area contributed by atoms with Gasteiger partial charge in [0.1, 0.15) is 0 Å². The molecule has 0 heterocycles. The number of hydrogen-bond acceptors (Lipinski definition) is 3. The molecule has 1 rings (SSSR count). The lowest BCUT2D eigenvalue weighted by molar-refractivity contribution is 0.131. The quantitative estimate of drug-likeness (QED) is 0.507. The minimum atomic E-state index is -3.22. The van der Waals surface area contributed by atoms with Crippen LogP contribution in [0.15, 0.2) is 24.3 Å². The molecule has 3 nitrogen and oxygen atoms in total. The molecule has 0 aliphatic carbocycles. The molecule has 17 heavy (non-hydrogen) atoms. The van der Waals surface area contributed by atoms with Crippen LogP contribution in [0.4, 0.5) is 0 Å². The largest absolute Gasteiger partial charge is 0.375 e. The lowest BCUT2D eigenvalue weighted by Gasteiger charge is -2.34. The average Bonchev–Trinajstić information content (AvgIpc) is 2.26. The normalized spacial score (nSPS) is 18.8. The summed E-state index contributed by atoms with van der Waals surface area (Å²) in [5, 5.41) is 8.92. The van der Waals surface area contributed by atoms with Crippen LogP contribution in [0.25, 0.3) is 0 Å². The molecule has 2 atom stereocenters. The van der Waals surface area contributed by atoms with Crippen molar-refractivity contribution >= 4 is 29.5 Å². The van der Waals surface area contributed by atoms with Crippen LogP contribution in [0.1, 0.15) is 30.9 Å². The first-order valence-corrected chi connectivity index (χ1v) is 9.22. The van der Waals surface area contributed by atoms with Gasteiger partial charge in [0.15, 0.2) is 10.8 Å². The predicted molar refractivity (Wildman–Crippen MR) is 79.0 cm³/mol. The summed E-state index contributed by atoms with van der Waals surface area (Å²) in [7, 11) is 0. The van der Waals surface area contributed by atoms with Crippen LogP contribution in [0.2, 0.25) is 0 Å². The average molecular weight is 291 g/mol. The Kier molecular flexibility index (Phi) is 4.81. The van der Waals surface area contributed by atoms with Gasteiger partial charge in [-0.2, -0.15) is 0 Å². The summed E-state index contributed by atoms with van der Waals surface area (Å²) >= 11 is 8.94. The highest BCUT2D eigenvalue weighted by atomic mass is 32.9. The van der Waals surface area contributed by atoms with Crippen LogP contribution in [0.3, 0.4) is 0 Å². The third-order valence-corrected chi connectivity index (χ3v) is 6.07. The van der Waals surface area contributed by atoms with Crippen molar-refractivity contribution in [3.8, 4) is 0 Å². The summed E-state index contributed by atoms with van der Waals surface area (Å²) in [5.41, 5.74) is 3.89. The highest BCUT2D eigenvalue weighted by Gasteiger charge is 2.41. The Morgan fingerprint density at radius 3 is 2.41 bits per heavy atom. The van der Waals surface area contributed by atoms with Crippen molar-refractivity contribution in [3.05, 3.63) is 35.4 Å². The number of hydrogen-bond donors (Lipinski definition) is 4. The van der Waals surface area contributed by atoms with Crippen molar-refractivity contribution < 1.29 is 10.00 Å². The fourth-order valence-corrected chi connectivity index (χ4v) is 3.59. The van der Waals surface area contributed by atoms with E-state index in [1.807, 2.05) is 26.0 Å². The molecule has 0 fully saturated rings. The molecular weight excluding hydrogens is 273 g/mol. The van der Waals surface area contributed by atoms with Crippen LogP contribution in [-0.4, -0.2) is 16.5 Å². The maximum absolute atomic E-state index is 10.6. The molecule has 0 radical (unpaired) electrons. The van der Waals surface area contributed by atoms with Crippen molar-refractivity contribution in [2.24, 2.45) is 5.73 Å². The summed E-state index contributed by atoms with van der Waals surface area (Å²) in [5.74, 6) is 0.208. The Bertz CT molecular complexity index is 447. The van der Waals surface area contributed by atoms with Crippen LogP contribution in [0, 0.1) is 0 Å². The highest BCUT2D eigenvalue weighted by molar-refractivity contribution is 8.61. The second-order valence-corrected chi connectivity index (χ2v) is 10.3. The Hall–Kier alpha value is 0.1000. The summed E-state index contributed by atoms with van der Waals surface area (Å²) < 4.78 is 0. The monoisotopic (exact) mass is 291 g/mol. The van der Waals surface area contributed by atoms with Crippen LogP contribution in [0.5, 0.6) is 0 Å². The van der Waals surface area contributed by atoms with Crippen LogP contribution < -0.4 is 5.73 Å². The Morgan fingerprint density at radius 2 is 2.00 bits per heavy atom. The summed E-state index contributed by atoms with van der Waals surface area (Å²) in [6.45, 7) is 3.87. The second-order valence-electron chi connectivity index (χ2n) is 4.31. The molecule has 2 unspecified atom stereocenters. The van der Waals surface area contributed by atoms with E-state index >= 15 is 0 Å². The third-order valence-electron chi connectivity index (χ3n) is 2.78. The first-order chi connectivity index (χ1) is 7.74. The zero-order valence-corrected chi connectivity index (χ0v) is 12.5. The number of thiol groups is 1. The van der Waals surface area contributed by atoms with Crippen molar-refractivity contribution in [2.45, 2.75) is 25.1 Å². The Morgan fingerprint density at radius 1 is 1.47 bits per heavy atom. The molecule has 0 saturated carbocycles. The smallest absolute Gasteiger partial charge is 0.161 e. The highest BCUT2D eigenvalue weighted by Crippen LogP contribution is 2.62. The van der Waals surface area contributed by atoms with Gasteiger partial charge in [-0.3, -0.25) is 0 Å². The van der Waals surface area contributed by atoms with Gasteiger partial charge < -0.3 is 15.7 Å². The van der Waals surface area contributed by atoms with Crippen molar-refractivity contribution in [1.82, 2.24) is 0 Å². The summed E-state index contributed by atoms with van der Waals surface area (Å²) in [6.07, 6.45) is 0. The molecule has 0 aliphatic rings. The van der Waals surface area contributed by atoms with E-state index in [4.69, 9.17) is 17.5 Å². The lowest BCUT2D eigenvalue weighted by Crippen LogP contribution is -2.34.